The number of aromatic nitrogens is 5. The summed E-state index contributed by atoms with van der Waals surface area (Å²) in [6.07, 6.45) is 7.93. The minimum atomic E-state index is 0.353. The lowest BCUT2D eigenvalue weighted by Crippen LogP contribution is -2.49. The number of fused-ring (bicyclic) bond motifs is 1. The smallest absolute Gasteiger partial charge is 0.225 e. The van der Waals surface area contributed by atoms with Crippen LogP contribution >= 0.6 is 0 Å². The Morgan fingerprint density at radius 1 is 1.14 bits per heavy atom. The van der Waals surface area contributed by atoms with Gasteiger partial charge in [-0.25, -0.2) is 4.98 Å². The van der Waals surface area contributed by atoms with Crippen LogP contribution in [-0.4, -0.2) is 43.3 Å². The van der Waals surface area contributed by atoms with E-state index in [1.165, 1.54) is 0 Å². The Morgan fingerprint density at radius 2 is 1.93 bits per heavy atom. The van der Waals surface area contributed by atoms with E-state index in [2.05, 4.69) is 45.0 Å². The van der Waals surface area contributed by atoms with Gasteiger partial charge in [0.25, 0.3) is 0 Å². The van der Waals surface area contributed by atoms with E-state index >= 15 is 0 Å². The minimum absolute atomic E-state index is 0.353. The fraction of sp³-hybridized carbons (Fsp3) is 0.500. The van der Waals surface area contributed by atoms with Gasteiger partial charge in [0, 0.05) is 41.5 Å². The number of aromatic amines is 1. The maximum absolute atomic E-state index is 4.77. The second-order valence-corrected chi connectivity index (χ2v) is 7.54. The summed E-state index contributed by atoms with van der Waals surface area (Å²) < 4.78 is 0. The van der Waals surface area contributed by atoms with Gasteiger partial charge < -0.3 is 16.0 Å². The number of pyridine rings is 1. The Bertz CT molecular complexity index is 925. The number of hydrogen-bond acceptors (Lipinski definition) is 7. The summed E-state index contributed by atoms with van der Waals surface area (Å²) in [6.45, 7) is 6.44. The molecule has 8 heteroatoms. The average Bonchev–Trinajstić information content (AvgIpc) is 3.12. The molecule has 3 aromatic rings. The minimum Gasteiger partial charge on any atom is -0.351 e. The van der Waals surface area contributed by atoms with E-state index in [9.17, 15) is 0 Å². The molecule has 4 rings (SSSR count). The Balaban J connectivity index is 1.62. The second kappa shape index (κ2) is 8.10. The van der Waals surface area contributed by atoms with Crippen LogP contribution in [0.4, 0.5) is 17.6 Å². The number of H-pyrrole nitrogens is 1. The summed E-state index contributed by atoms with van der Waals surface area (Å²) >= 11 is 0. The van der Waals surface area contributed by atoms with Gasteiger partial charge in [0.05, 0.1) is 11.7 Å². The summed E-state index contributed by atoms with van der Waals surface area (Å²) in [5.41, 5.74) is 1.80. The maximum atomic E-state index is 4.77. The summed E-state index contributed by atoms with van der Waals surface area (Å²) in [7, 11) is 0. The molecule has 0 aromatic carbocycles. The van der Waals surface area contributed by atoms with Crippen LogP contribution in [0.5, 0.6) is 0 Å². The van der Waals surface area contributed by atoms with Crippen molar-refractivity contribution in [2.75, 3.05) is 10.6 Å². The van der Waals surface area contributed by atoms with Gasteiger partial charge in [-0.3, -0.25) is 10.1 Å². The van der Waals surface area contributed by atoms with Crippen LogP contribution in [0.15, 0.2) is 24.5 Å². The molecule has 0 spiro atoms. The third kappa shape index (κ3) is 4.06. The molecule has 8 nitrogen and oxygen atoms in total. The molecular formula is C20H28N8. The number of aryl methyl sites for hydroxylation is 1. The van der Waals surface area contributed by atoms with E-state index in [0.29, 0.717) is 24.1 Å². The molecule has 0 amide bonds. The molecule has 1 saturated heterocycles. The molecule has 28 heavy (non-hydrogen) atoms. The molecular weight excluding hydrogens is 352 g/mol. The summed E-state index contributed by atoms with van der Waals surface area (Å²) in [5, 5.41) is 18.8. The highest BCUT2D eigenvalue weighted by Gasteiger charge is 2.27. The Morgan fingerprint density at radius 3 is 2.61 bits per heavy atom. The van der Waals surface area contributed by atoms with Crippen LogP contribution in [-0.2, 0) is 0 Å². The van der Waals surface area contributed by atoms with E-state index in [1.807, 2.05) is 19.1 Å². The molecule has 0 saturated carbocycles. The van der Waals surface area contributed by atoms with E-state index in [-0.39, 0.29) is 0 Å². The predicted molar refractivity (Wildman–Crippen MR) is 112 cm³/mol. The standard InChI is InChI=1S/C20H28N8/c1-4-13-9-15(10-14(5-2)22-13)23-20-24-17-11-21-7-6-16(17)19(26-20)25-18-8-12(3)27-28-18/h6-8,11,13-15,22H,4-5,9-10H2,1-3H3,(H3,23,24,25,26,27,28). The van der Waals surface area contributed by atoms with E-state index in [4.69, 9.17) is 9.97 Å². The van der Waals surface area contributed by atoms with Crippen LogP contribution in [0.2, 0.25) is 0 Å². The number of piperidine rings is 1. The predicted octanol–water partition coefficient (Wildman–Crippen LogP) is 3.52. The zero-order chi connectivity index (χ0) is 19.5. The monoisotopic (exact) mass is 380 g/mol. The molecule has 2 atom stereocenters. The van der Waals surface area contributed by atoms with E-state index in [1.54, 1.807) is 12.4 Å². The molecule has 3 aromatic heterocycles. The quantitative estimate of drug-likeness (QED) is 0.519. The highest BCUT2D eigenvalue weighted by molar-refractivity contribution is 5.90. The highest BCUT2D eigenvalue weighted by Crippen LogP contribution is 2.26. The molecule has 148 valence electrons. The first-order valence-electron chi connectivity index (χ1n) is 10.1. The van der Waals surface area contributed by atoms with Gasteiger partial charge in [0.1, 0.15) is 5.82 Å². The number of anilines is 3. The van der Waals surface area contributed by atoms with Gasteiger partial charge in [-0.2, -0.15) is 10.1 Å². The molecule has 0 radical (unpaired) electrons. The van der Waals surface area contributed by atoms with Crippen LogP contribution in [0, 0.1) is 6.92 Å². The van der Waals surface area contributed by atoms with Gasteiger partial charge in [-0.1, -0.05) is 13.8 Å². The first-order chi connectivity index (χ1) is 13.6. The third-order valence-corrected chi connectivity index (χ3v) is 5.38. The van der Waals surface area contributed by atoms with Gasteiger partial charge >= 0.3 is 0 Å². The van der Waals surface area contributed by atoms with Crippen molar-refractivity contribution in [3.63, 3.8) is 0 Å². The van der Waals surface area contributed by atoms with Crippen molar-refractivity contribution in [1.29, 1.82) is 0 Å². The molecule has 1 fully saturated rings. The highest BCUT2D eigenvalue weighted by atomic mass is 15.2. The van der Waals surface area contributed by atoms with Gasteiger partial charge in [0.15, 0.2) is 5.82 Å². The van der Waals surface area contributed by atoms with Crippen molar-refractivity contribution < 1.29 is 0 Å². The normalized spacial score (nSPS) is 22.3. The lowest BCUT2D eigenvalue weighted by atomic mass is 9.91. The van der Waals surface area contributed by atoms with Gasteiger partial charge in [0.2, 0.25) is 5.95 Å². The first kappa shape index (κ1) is 18.6. The summed E-state index contributed by atoms with van der Waals surface area (Å²) in [4.78, 5) is 13.7. The average molecular weight is 381 g/mol. The summed E-state index contributed by atoms with van der Waals surface area (Å²) in [6, 6.07) is 5.29. The number of nitrogens with one attached hydrogen (secondary N) is 4. The zero-order valence-corrected chi connectivity index (χ0v) is 16.7. The van der Waals surface area contributed by atoms with Crippen molar-refractivity contribution in [3.8, 4) is 0 Å². The molecule has 1 aliphatic heterocycles. The van der Waals surface area contributed by atoms with Crippen molar-refractivity contribution in [2.24, 2.45) is 0 Å². The van der Waals surface area contributed by atoms with Crippen LogP contribution in [0.3, 0.4) is 0 Å². The molecule has 0 bridgehead atoms. The lowest BCUT2D eigenvalue weighted by molar-refractivity contribution is 0.289. The van der Waals surface area contributed by atoms with Crippen molar-refractivity contribution >= 4 is 28.5 Å². The van der Waals surface area contributed by atoms with Crippen molar-refractivity contribution in [1.82, 2.24) is 30.5 Å². The van der Waals surface area contributed by atoms with Crippen LogP contribution in [0.1, 0.15) is 45.2 Å². The van der Waals surface area contributed by atoms with Crippen molar-refractivity contribution in [2.45, 2.75) is 64.6 Å². The fourth-order valence-electron chi connectivity index (χ4n) is 3.87. The Labute approximate surface area is 165 Å². The largest absolute Gasteiger partial charge is 0.351 e. The Kier molecular flexibility index (Phi) is 5.38. The van der Waals surface area contributed by atoms with Gasteiger partial charge in [-0.05, 0) is 38.7 Å². The second-order valence-electron chi connectivity index (χ2n) is 7.54. The lowest BCUT2D eigenvalue weighted by Gasteiger charge is -2.36. The zero-order valence-electron chi connectivity index (χ0n) is 16.7. The van der Waals surface area contributed by atoms with Crippen LogP contribution < -0.4 is 16.0 Å². The number of nitrogens with zero attached hydrogens (tertiary/aromatic N) is 4. The van der Waals surface area contributed by atoms with E-state index < -0.39 is 0 Å². The molecule has 2 unspecified atom stereocenters. The SMILES string of the molecule is CCC1CC(Nc2nc(Nc3cc(C)[nH]n3)c3ccncc3n2)CC(CC)N1. The van der Waals surface area contributed by atoms with Crippen molar-refractivity contribution in [3.05, 3.63) is 30.2 Å². The van der Waals surface area contributed by atoms with Gasteiger partial charge in [-0.15, -0.1) is 0 Å². The summed E-state index contributed by atoms with van der Waals surface area (Å²) in [5.74, 6) is 2.10. The molecule has 4 heterocycles. The number of rotatable bonds is 6. The topological polar surface area (TPSA) is 103 Å². The first-order valence-corrected chi connectivity index (χ1v) is 10.1. The third-order valence-electron chi connectivity index (χ3n) is 5.38. The van der Waals surface area contributed by atoms with E-state index in [0.717, 1.165) is 53.9 Å². The number of hydrogen-bond donors (Lipinski definition) is 4. The molecule has 4 N–H and O–H groups in total. The molecule has 0 aliphatic carbocycles. The Hall–Kier alpha value is -2.74. The molecule has 1 aliphatic rings. The fourth-order valence-corrected chi connectivity index (χ4v) is 3.87. The maximum Gasteiger partial charge on any atom is 0.225 e. The van der Waals surface area contributed by atoms with Crippen LogP contribution in [0.25, 0.3) is 10.9 Å².